The van der Waals surface area contributed by atoms with Crippen molar-refractivity contribution >= 4 is 12.0 Å². The highest BCUT2D eigenvalue weighted by molar-refractivity contribution is 5.76. The first-order valence-electron chi connectivity index (χ1n) is 7.82. The van der Waals surface area contributed by atoms with Gasteiger partial charge < -0.3 is 15.3 Å². The van der Waals surface area contributed by atoms with E-state index in [2.05, 4.69) is 12.2 Å². The zero-order valence-electron chi connectivity index (χ0n) is 12.3. The smallest absolute Gasteiger partial charge is 0.317 e. The van der Waals surface area contributed by atoms with E-state index in [1.807, 2.05) is 0 Å². The van der Waals surface area contributed by atoms with Crippen molar-refractivity contribution in [2.45, 2.75) is 45.4 Å². The summed E-state index contributed by atoms with van der Waals surface area (Å²) in [5, 5.41) is 12.0. The lowest BCUT2D eigenvalue weighted by molar-refractivity contribution is -0.143. The zero-order chi connectivity index (χ0) is 14.5. The van der Waals surface area contributed by atoms with Gasteiger partial charge in [0.15, 0.2) is 0 Å². The van der Waals surface area contributed by atoms with Gasteiger partial charge in [-0.2, -0.15) is 0 Å². The van der Waals surface area contributed by atoms with E-state index in [1.165, 1.54) is 25.7 Å². The second-order valence-corrected chi connectivity index (χ2v) is 6.45. The lowest BCUT2D eigenvalue weighted by Gasteiger charge is -2.32. The van der Waals surface area contributed by atoms with E-state index in [0.717, 1.165) is 18.9 Å². The fraction of sp³-hybridized carbons (Fsp3) is 0.867. The molecule has 2 rings (SSSR count). The SMILES string of the molecule is CC1CCCC(CNC(=O)N2CCC[C@H](C(=O)O)C2)C1. The summed E-state index contributed by atoms with van der Waals surface area (Å²) in [6.45, 7) is 4.03. The lowest BCUT2D eigenvalue weighted by atomic mass is 9.82. The number of aliphatic carboxylic acids is 1. The number of carbonyl (C=O) groups is 2. The van der Waals surface area contributed by atoms with Crippen LogP contribution in [0.3, 0.4) is 0 Å². The molecule has 2 N–H and O–H groups in total. The molecule has 1 heterocycles. The molecule has 1 saturated heterocycles. The molecule has 114 valence electrons. The van der Waals surface area contributed by atoms with Gasteiger partial charge in [0, 0.05) is 19.6 Å². The van der Waals surface area contributed by atoms with Crippen LogP contribution in [0.15, 0.2) is 0 Å². The Bertz CT molecular complexity index is 359. The summed E-state index contributed by atoms with van der Waals surface area (Å²) >= 11 is 0. The largest absolute Gasteiger partial charge is 0.481 e. The molecule has 0 aromatic carbocycles. The Kier molecular flexibility index (Phi) is 5.26. The highest BCUT2D eigenvalue weighted by atomic mass is 16.4. The molecule has 3 atom stereocenters. The molecule has 5 nitrogen and oxygen atoms in total. The predicted molar refractivity (Wildman–Crippen MR) is 76.5 cm³/mol. The van der Waals surface area contributed by atoms with Crippen molar-refractivity contribution in [2.24, 2.45) is 17.8 Å². The number of carboxylic acids is 1. The number of likely N-dealkylation sites (tertiary alicyclic amines) is 1. The molecule has 1 aliphatic heterocycles. The molecular weight excluding hydrogens is 256 g/mol. The first-order valence-corrected chi connectivity index (χ1v) is 7.82. The summed E-state index contributed by atoms with van der Waals surface area (Å²) in [5.74, 6) is 0.160. The van der Waals surface area contributed by atoms with Crippen molar-refractivity contribution in [3.05, 3.63) is 0 Å². The quantitative estimate of drug-likeness (QED) is 0.834. The molecule has 2 unspecified atom stereocenters. The monoisotopic (exact) mass is 282 g/mol. The van der Waals surface area contributed by atoms with Crippen LogP contribution in [0.5, 0.6) is 0 Å². The van der Waals surface area contributed by atoms with Gasteiger partial charge in [0.2, 0.25) is 0 Å². The van der Waals surface area contributed by atoms with E-state index < -0.39 is 11.9 Å². The van der Waals surface area contributed by atoms with Crippen LogP contribution >= 0.6 is 0 Å². The molecule has 0 aromatic heterocycles. The van der Waals surface area contributed by atoms with Gasteiger partial charge in [-0.15, -0.1) is 0 Å². The Morgan fingerprint density at radius 1 is 1.25 bits per heavy atom. The van der Waals surface area contributed by atoms with Gasteiger partial charge in [0.25, 0.3) is 0 Å². The maximum absolute atomic E-state index is 12.1. The van der Waals surface area contributed by atoms with Crippen LogP contribution in [0.4, 0.5) is 4.79 Å². The predicted octanol–water partition coefficient (Wildman–Crippen LogP) is 2.32. The Balaban J connectivity index is 1.75. The number of piperidine rings is 1. The Morgan fingerprint density at radius 3 is 2.75 bits per heavy atom. The summed E-state index contributed by atoms with van der Waals surface area (Å²) in [6, 6.07) is -0.0887. The van der Waals surface area contributed by atoms with E-state index in [4.69, 9.17) is 5.11 Å². The van der Waals surface area contributed by atoms with Gasteiger partial charge in [-0.05, 0) is 37.5 Å². The van der Waals surface area contributed by atoms with Crippen molar-refractivity contribution < 1.29 is 14.7 Å². The minimum atomic E-state index is -0.788. The Morgan fingerprint density at radius 2 is 2.05 bits per heavy atom. The molecule has 2 amide bonds. The third kappa shape index (κ3) is 4.12. The van der Waals surface area contributed by atoms with Crippen molar-refractivity contribution in [3.8, 4) is 0 Å². The summed E-state index contributed by atoms with van der Waals surface area (Å²) in [4.78, 5) is 24.8. The fourth-order valence-electron chi connectivity index (χ4n) is 3.45. The molecule has 1 saturated carbocycles. The molecule has 0 radical (unpaired) electrons. The normalized spacial score (nSPS) is 30.9. The maximum Gasteiger partial charge on any atom is 0.317 e. The van der Waals surface area contributed by atoms with Crippen LogP contribution in [0.25, 0.3) is 0 Å². The summed E-state index contributed by atoms with van der Waals surface area (Å²) in [7, 11) is 0. The number of hydrogen-bond donors (Lipinski definition) is 2. The number of nitrogens with zero attached hydrogens (tertiary/aromatic N) is 1. The summed E-state index contributed by atoms with van der Waals surface area (Å²) < 4.78 is 0. The topological polar surface area (TPSA) is 69.6 Å². The summed E-state index contributed by atoms with van der Waals surface area (Å²) in [6.07, 6.45) is 6.41. The van der Waals surface area contributed by atoms with E-state index in [-0.39, 0.29) is 6.03 Å². The van der Waals surface area contributed by atoms with Gasteiger partial charge in [0.05, 0.1) is 5.92 Å². The van der Waals surface area contributed by atoms with E-state index in [1.54, 1.807) is 4.90 Å². The second-order valence-electron chi connectivity index (χ2n) is 6.45. The molecule has 0 bridgehead atoms. The number of carboxylic acid groups (broad SMARTS) is 1. The molecule has 20 heavy (non-hydrogen) atoms. The van der Waals surface area contributed by atoms with Gasteiger partial charge in [-0.25, -0.2) is 4.79 Å². The Labute approximate surface area is 120 Å². The molecule has 2 fully saturated rings. The van der Waals surface area contributed by atoms with E-state index >= 15 is 0 Å². The highest BCUT2D eigenvalue weighted by Gasteiger charge is 2.28. The molecule has 2 aliphatic rings. The number of nitrogens with one attached hydrogen (secondary N) is 1. The molecule has 0 aromatic rings. The molecule has 0 spiro atoms. The van der Waals surface area contributed by atoms with Crippen LogP contribution in [0.1, 0.15) is 45.4 Å². The first-order chi connectivity index (χ1) is 9.56. The van der Waals surface area contributed by atoms with Crippen molar-refractivity contribution in [3.63, 3.8) is 0 Å². The maximum atomic E-state index is 12.1. The van der Waals surface area contributed by atoms with Gasteiger partial charge in [-0.1, -0.05) is 19.8 Å². The molecule has 5 heteroatoms. The zero-order valence-corrected chi connectivity index (χ0v) is 12.3. The fourth-order valence-corrected chi connectivity index (χ4v) is 3.45. The van der Waals surface area contributed by atoms with E-state index in [0.29, 0.717) is 25.4 Å². The van der Waals surface area contributed by atoms with Crippen LogP contribution in [-0.4, -0.2) is 41.6 Å². The van der Waals surface area contributed by atoms with Crippen molar-refractivity contribution in [1.82, 2.24) is 10.2 Å². The molecule has 1 aliphatic carbocycles. The van der Waals surface area contributed by atoms with Gasteiger partial charge in [-0.3, -0.25) is 4.79 Å². The number of amides is 2. The van der Waals surface area contributed by atoms with Crippen LogP contribution in [0.2, 0.25) is 0 Å². The van der Waals surface area contributed by atoms with Crippen LogP contribution in [-0.2, 0) is 4.79 Å². The van der Waals surface area contributed by atoms with Crippen LogP contribution in [0, 0.1) is 17.8 Å². The lowest BCUT2D eigenvalue weighted by Crippen LogP contribution is -2.48. The number of hydrogen-bond acceptors (Lipinski definition) is 2. The third-order valence-electron chi connectivity index (χ3n) is 4.64. The number of urea groups is 1. The standard InChI is InChI=1S/C15H26N2O3/c1-11-4-2-5-12(8-11)9-16-15(20)17-7-3-6-13(10-17)14(18)19/h11-13H,2-10H2,1H3,(H,16,20)(H,18,19)/t11?,12?,13-/m0/s1. The minimum Gasteiger partial charge on any atom is -0.481 e. The van der Waals surface area contributed by atoms with Gasteiger partial charge >= 0.3 is 12.0 Å². The number of carbonyl (C=O) groups excluding carboxylic acids is 1. The van der Waals surface area contributed by atoms with Crippen molar-refractivity contribution in [2.75, 3.05) is 19.6 Å². The van der Waals surface area contributed by atoms with Crippen LogP contribution < -0.4 is 5.32 Å². The second kappa shape index (κ2) is 6.95. The Hall–Kier alpha value is -1.26. The first kappa shape index (κ1) is 15.1. The van der Waals surface area contributed by atoms with Crippen molar-refractivity contribution in [1.29, 1.82) is 0 Å². The number of rotatable bonds is 3. The minimum absolute atomic E-state index is 0.0887. The highest BCUT2D eigenvalue weighted by Crippen LogP contribution is 2.28. The summed E-state index contributed by atoms with van der Waals surface area (Å²) in [5.41, 5.74) is 0. The molecular formula is C15H26N2O3. The average molecular weight is 282 g/mol. The third-order valence-corrected chi connectivity index (χ3v) is 4.64. The average Bonchev–Trinajstić information content (AvgIpc) is 2.45. The van der Waals surface area contributed by atoms with E-state index in [9.17, 15) is 9.59 Å². The van der Waals surface area contributed by atoms with Gasteiger partial charge in [0.1, 0.15) is 0 Å².